The molecule has 4 heteroatoms. The van der Waals surface area contributed by atoms with Gasteiger partial charge in [-0.05, 0) is 79.0 Å². The van der Waals surface area contributed by atoms with E-state index in [9.17, 15) is 4.79 Å². The summed E-state index contributed by atoms with van der Waals surface area (Å²) in [6.07, 6.45) is 7.81. The van der Waals surface area contributed by atoms with Crippen molar-refractivity contribution in [1.82, 2.24) is 10.3 Å². The highest BCUT2D eigenvalue weighted by molar-refractivity contribution is 5.87. The van der Waals surface area contributed by atoms with E-state index >= 15 is 0 Å². The second kappa shape index (κ2) is 10.2. The number of nitrogens with zero attached hydrogens (tertiary/aromatic N) is 1. The summed E-state index contributed by atoms with van der Waals surface area (Å²) in [5, 5.41) is 4.28. The predicted octanol–water partition coefficient (Wildman–Crippen LogP) is 6.06. The van der Waals surface area contributed by atoms with Gasteiger partial charge in [0.2, 0.25) is 5.91 Å². The predicted molar refractivity (Wildman–Crippen MR) is 133 cm³/mol. The molecule has 3 N–H and O–H groups in total. The van der Waals surface area contributed by atoms with Crippen molar-refractivity contribution < 1.29 is 4.79 Å². The molecule has 1 aliphatic rings. The summed E-state index contributed by atoms with van der Waals surface area (Å²) in [5.41, 5.74) is 11.8. The van der Waals surface area contributed by atoms with E-state index in [1.807, 2.05) is 6.07 Å². The minimum atomic E-state index is -0.0836. The first-order chi connectivity index (χ1) is 15.5. The molecule has 1 unspecified atom stereocenters. The van der Waals surface area contributed by atoms with Crippen molar-refractivity contribution in [3.63, 3.8) is 0 Å². The number of nitrogen functional groups attached to an aromatic ring is 1. The van der Waals surface area contributed by atoms with Crippen molar-refractivity contribution in [3.05, 3.63) is 59.7 Å². The van der Waals surface area contributed by atoms with Gasteiger partial charge in [0.05, 0.1) is 5.52 Å². The van der Waals surface area contributed by atoms with E-state index < -0.39 is 0 Å². The molecule has 1 heterocycles. The lowest BCUT2D eigenvalue weighted by molar-refractivity contribution is -0.125. The number of anilines is 1. The first-order valence-corrected chi connectivity index (χ1v) is 12.1. The number of hydrogen-bond donors (Lipinski definition) is 2. The van der Waals surface area contributed by atoms with Gasteiger partial charge >= 0.3 is 0 Å². The quantitative estimate of drug-likeness (QED) is 0.480. The number of fused-ring (bicyclic) bond motifs is 1. The number of rotatable bonds is 7. The van der Waals surface area contributed by atoms with Crippen molar-refractivity contribution in [3.8, 4) is 11.1 Å². The zero-order chi connectivity index (χ0) is 22.5. The maximum atomic E-state index is 12.9. The number of amides is 1. The summed E-state index contributed by atoms with van der Waals surface area (Å²) >= 11 is 0. The second-order valence-electron chi connectivity index (χ2n) is 9.31. The van der Waals surface area contributed by atoms with Crippen LogP contribution in [-0.4, -0.2) is 17.4 Å². The van der Waals surface area contributed by atoms with Gasteiger partial charge in [0.15, 0.2) is 0 Å². The average molecular weight is 430 g/mol. The molecule has 0 aliphatic heterocycles. The molecule has 0 radical (unpaired) electrons. The SMILES string of the molecule is CCC(Cc1cc2cc(-c3ccccc3C)ccc2nc1N)C(=O)NCC1CCCCC1. The highest BCUT2D eigenvalue weighted by Crippen LogP contribution is 2.29. The zero-order valence-corrected chi connectivity index (χ0v) is 19.4. The Kier molecular flexibility index (Phi) is 7.09. The van der Waals surface area contributed by atoms with E-state index in [-0.39, 0.29) is 11.8 Å². The molecule has 0 saturated heterocycles. The van der Waals surface area contributed by atoms with Gasteiger partial charge in [-0.3, -0.25) is 4.79 Å². The number of nitrogens with two attached hydrogens (primary N) is 1. The van der Waals surface area contributed by atoms with Crippen molar-refractivity contribution in [2.24, 2.45) is 11.8 Å². The number of aromatic nitrogens is 1. The Morgan fingerprint density at radius 3 is 2.66 bits per heavy atom. The number of carbonyl (C=O) groups is 1. The van der Waals surface area contributed by atoms with E-state index in [0.29, 0.717) is 18.2 Å². The summed E-state index contributed by atoms with van der Waals surface area (Å²) in [6.45, 7) is 5.01. The molecule has 4 rings (SSSR count). The second-order valence-corrected chi connectivity index (χ2v) is 9.31. The van der Waals surface area contributed by atoms with E-state index in [0.717, 1.165) is 29.4 Å². The molecule has 1 atom stereocenters. The number of aryl methyl sites for hydroxylation is 1. The standard InChI is InChI=1S/C28H35N3O/c1-3-21(28(32)30-18-20-10-5-4-6-11-20)15-24-17-23-16-22(13-14-26(23)31-27(24)29)25-12-8-7-9-19(25)2/h7-9,12-14,16-17,20-21H,3-6,10-11,15,18H2,1-2H3,(H2,29,31)(H,30,32). The largest absolute Gasteiger partial charge is 0.383 e. The van der Waals surface area contributed by atoms with E-state index in [4.69, 9.17) is 5.73 Å². The smallest absolute Gasteiger partial charge is 0.223 e. The van der Waals surface area contributed by atoms with Gasteiger partial charge in [0.25, 0.3) is 0 Å². The van der Waals surface area contributed by atoms with Crippen molar-refractivity contribution in [2.45, 2.75) is 58.8 Å². The van der Waals surface area contributed by atoms with E-state index in [1.54, 1.807) is 0 Å². The van der Waals surface area contributed by atoms with Crippen LogP contribution in [0, 0.1) is 18.8 Å². The first kappa shape index (κ1) is 22.3. The number of pyridine rings is 1. The van der Waals surface area contributed by atoms with Gasteiger partial charge < -0.3 is 11.1 Å². The van der Waals surface area contributed by atoms with Gasteiger partial charge in [0.1, 0.15) is 5.82 Å². The average Bonchev–Trinajstić information content (AvgIpc) is 2.82. The van der Waals surface area contributed by atoms with Crippen molar-refractivity contribution >= 4 is 22.6 Å². The number of nitrogens with one attached hydrogen (secondary N) is 1. The molecule has 2 aromatic carbocycles. The number of carbonyl (C=O) groups excluding carboxylic acids is 1. The molecule has 1 aromatic heterocycles. The summed E-state index contributed by atoms with van der Waals surface area (Å²) in [5.74, 6) is 1.23. The van der Waals surface area contributed by atoms with Crippen LogP contribution >= 0.6 is 0 Å². The van der Waals surface area contributed by atoms with Gasteiger partial charge in [-0.15, -0.1) is 0 Å². The lowest BCUT2D eigenvalue weighted by Gasteiger charge is -2.23. The van der Waals surface area contributed by atoms with Crippen LogP contribution in [0.2, 0.25) is 0 Å². The molecular formula is C28H35N3O. The normalized spacial score (nSPS) is 15.6. The lowest BCUT2D eigenvalue weighted by atomic mass is 9.89. The first-order valence-electron chi connectivity index (χ1n) is 12.1. The Bertz CT molecular complexity index is 1090. The van der Waals surface area contributed by atoms with E-state index in [2.05, 4.69) is 66.6 Å². The lowest BCUT2D eigenvalue weighted by Crippen LogP contribution is -2.35. The summed E-state index contributed by atoms with van der Waals surface area (Å²) < 4.78 is 0. The van der Waals surface area contributed by atoms with Gasteiger partial charge in [-0.2, -0.15) is 0 Å². The minimum absolute atomic E-state index is 0.0836. The van der Waals surface area contributed by atoms with Crippen LogP contribution < -0.4 is 11.1 Å². The van der Waals surface area contributed by atoms with Crippen LogP contribution in [0.5, 0.6) is 0 Å². The third-order valence-corrected chi connectivity index (χ3v) is 7.00. The molecule has 0 spiro atoms. The molecule has 4 nitrogen and oxygen atoms in total. The molecule has 32 heavy (non-hydrogen) atoms. The van der Waals surface area contributed by atoms with E-state index in [1.165, 1.54) is 48.8 Å². The zero-order valence-electron chi connectivity index (χ0n) is 19.4. The fraction of sp³-hybridized carbons (Fsp3) is 0.429. The molecule has 1 saturated carbocycles. The van der Waals surface area contributed by atoms with Gasteiger partial charge in [-0.25, -0.2) is 4.98 Å². The minimum Gasteiger partial charge on any atom is -0.383 e. The van der Waals surface area contributed by atoms with Crippen LogP contribution in [0.1, 0.15) is 56.6 Å². The Balaban J connectivity index is 1.52. The molecule has 1 aliphatic carbocycles. The maximum absolute atomic E-state index is 12.9. The summed E-state index contributed by atoms with van der Waals surface area (Å²) in [7, 11) is 0. The van der Waals surface area contributed by atoms with Crippen LogP contribution in [0.4, 0.5) is 5.82 Å². The van der Waals surface area contributed by atoms with Crippen LogP contribution in [0.3, 0.4) is 0 Å². The molecule has 1 amide bonds. The number of benzene rings is 2. The Morgan fingerprint density at radius 1 is 1.12 bits per heavy atom. The summed E-state index contributed by atoms with van der Waals surface area (Å²) in [4.78, 5) is 17.5. The third-order valence-electron chi connectivity index (χ3n) is 7.00. The fourth-order valence-electron chi connectivity index (χ4n) is 4.93. The topological polar surface area (TPSA) is 68.0 Å². The van der Waals surface area contributed by atoms with Gasteiger partial charge in [0, 0.05) is 17.8 Å². The third kappa shape index (κ3) is 5.12. The summed E-state index contributed by atoms with van der Waals surface area (Å²) in [6, 6.07) is 16.8. The molecule has 0 bridgehead atoms. The molecular weight excluding hydrogens is 394 g/mol. The van der Waals surface area contributed by atoms with Crippen LogP contribution in [0.25, 0.3) is 22.0 Å². The monoisotopic (exact) mass is 429 g/mol. The highest BCUT2D eigenvalue weighted by atomic mass is 16.1. The number of hydrogen-bond acceptors (Lipinski definition) is 3. The Hall–Kier alpha value is -2.88. The Labute approximate surface area is 191 Å². The molecule has 3 aromatic rings. The fourth-order valence-corrected chi connectivity index (χ4v) is 4.93. The maximum Gasteiger partial charge on any atom is 0.223 e. The van der Waals surface area contributed by atoms with Gasteiger partial charge in [-0.1, -0.05) is 56.5 Å². The highest BCUT2D eigenvalue weighted by Gasteiger charge is 2.21. The van der Waals surface area contributed by atoms with Crippen molar-refractivity contribution in [2.75, 3.05) is 12.3 Å². The van der Waals surface area contributed by atoms with Crippen molar-refractivity contribution in [1.29, 1.82) is 0 Å². The Morgan fingerprint density at radius 2 is 1.91 bits per heavy atom. The van der Waals surface area contributed by atoms with Crippen LogP contribution in [-0.2, 0) is 11.2 Å². The van der Waals surface area contributed by atoms with Crippen LogP contribution in [0.15, 0.2) is 48.5 Å². The molecule has 168 valence electrons. The molecule has 1 fully saturated rings.